The number of hydrogen-bond donors (Lipinski definition) is 1. The molecule has 0 amide bonds. The highest BCUT2D eigenvalue weighted by molar-refractivity contribution is 5.81. The predicted octanol–water partition coefficient (Wildman–Crippen LogP) is 3.11. The van der Waals surface area contributed by atoms with E-state index < -0.39 is 0 Å². The van der Waals surface area contributed by atoms with Crippen molar-refractivity contribution < 1.29 is 9.13 Å². The third-order valence-corrected chi connectivity index (χ3v) is 3.50. The van der Waals surface area contributed by atoms with E-state index in [1.807, 2.05) is 41.3 Å². The normalized spacial score (nSPS) is 15.2. The van der Waals surface area contributed by atoms with Crippen LogP contribution < -0.4 is 10.3 Å². The molecule has 1 fully saturated rings. The lowest BCUT2D eigenvalue weighted by Crippen LogP contribution is -2.36. The molecule has 0 radical (unpaired) electrons. The van der Waals surface area contributed by atoms with E-state index in [4.69, 9.17) is 4.74 Å². The quantitative estimate of drug-likeness (QED) is 0.696. The van der Waals surface area contributed by atoms with Crippen molar-refractivity contribution in [2.24, 2.45) is 5.10 Å². The largest absolute Gasteiger partial charge is 0.378 e. The van der Waals surface area contributed by atoms with E-state index in [-0.39, 0.29) is 5.82 Å². The van der Waals surface area contributed by atoms with Crippen LogP contribution >= 0.6 is 0 Å². The molecule has 1 saturated heterocycles. The molecule has 0 atom stereocenters. The number of nitrogens with one attached hydrogen (secondary N) is 1. The van der Waals surface area contributed by atoms with E-state index in [1.54, 1.807) is 12.3 Å². The Bertz CT molecular complexity index is 640. The van der Waals surface area contributed by atoms with Crippen molar-refractivity contribution in [3.8, 4) is 0 Å². The van der Waals surface area contributed by atoms with Crippen LogP contribution in [-0.4, -0.2) is 32.5 Å². The molecular formula is C17H18FN3O. The molecule has 4 nitrogen and oxygen atoms in total. The number of hydrogen-bond acceptors (Lipinski definition) is 4. The molecule has 22 heavy (non-hydrogen) atoms. The molecule has 0 aromatic heterocycles. The zero-order chi connectivity index (χ0) is 15.2. The van der Waals surface area contributed by atoms with E-state index in [9.17, 15) is 4.39 Å². The molecule has 0 spiro atoms. The van der Waals surface area contributed by atoms with E-state index in [1.165, 1.54) is 6.07 Å². The minimum atomic E-state index is -0.231. The number of morpholine rings is 1. The Morgan fingerprint density at radius 3 is 2.59 bits per heavy atom. The van der Waals surface area contributed by atoms with Crippen molar-refractivity contribution in [1.29, 1.82) is 0 Å². The monoisotopic (exact) mass is 299 g/mol. The van der Waals surface area contributed by atoms with Crippen LogP contribution in [0.5, 0.6) is 0 Å². The summed E-state index contributed by atoms with van der Waals surface area (Å²) in [6, 6.07) is 14.8. The summed E-state index contributed by atoms with van der Waals surface area (Å²) in [5, 5.41) is 4.12. The highest BCUT2D eigenvalue weighted by Crippen LogP contribution is 2.21. The molecule has 5 heteroatoms. The van der Waals surface area contributed by atoms with Gasteiger partial charge in [-0.3, -0.25) is 5.43 Å². The van der Waals surface area contributed by atoms with Gasteiger partial charge in [-0.2, -0.15) is 5.10 Å². The fraction of sp³-hybridized carbons (Fsp3) is 0.235. The Hall–Kier alpha value is -2.40. The van der Waals surface area contributed by atoms with Crippen molar-refractivity contribution in [3.63, 3.8) is 0 Å². The van der Waals surface area contributed by atoms with Gasteiger partial charge in [0.2, 0.25) is 0 Å². The zero-order valence-electron chi connectivity index (χ0n) is 12.2. The Labute approximate surface area is 129 Å². The maximum Gasteiger partial charge on any atom is 0.147 e. The lowest BCUT2D eigenvalue weighted by atomic mass is 10.2. The minimum absolute atomic E-state index is 0.231. The first-order chi connectivity index (χ1) is 10.8. The van der Waals surface area contributed by atoms with Gasteiger partial charge in [0.15, 0.2) is 0 Å². The first-order valence-electron chi connectivity index (χ1n) is 7.29. The van der Waals surface area contributed by atoms with Gasteiger partial charge in [-0.1, -0.05) is 24.3 Å². The summed E-state index contributed by atoms with van der Waals surface area (Å²) in [6.45, 7) is 2.73. The number of anilines is 2. The zero-order valence-corrected chi connectivity index (χ0v) is 12.2. The summed E-state index contributed by atoms with van der Waals surface area (Å²) in [6.07, 6.45) is 1.61. The van der Waals surface area contributed by atoms with Crippen molar-refractivity contribution >= 4 is 17.6 Å². The van der Waals surface area contributed by atoms with E-state index in [2.05, 4.69) is 10.5 Å². The minimum Gasteiger partial charge on any atom is -0.378 e. The fourth-order valence-corrected chi connectivity index (χ4v) is 2.36. The molecule has 0 aliphatic carbocycles. The van der Waals surface area contributed by atoms with Crippen LogP contribution in [0.3, 0.4) is 0 Å². The fourth-order valence-electron chi connectivity index (χ4n) is 2.36. The molecule has 2 aromatic rings. The van der Waals surface area contributed by atoms with Crippen LogP contribution in [0.4, 0.5) is 15.8 Å². The number of halogens is 1. The lowest BCUT2D eigenvalue weighted by molar-refractivity contribution is 0.122. The predicted molar refractivity (Wildman–Crippen MR) is 87.1 cm³/mol. The van der Waals surface area contributed by atoms with Gasteiger partial charge in [0.05, 0.1) is 30.8 Å². The number of hydrazone groups is 1. The first kappa shape index (κ1) is 14.5. The average Bonchev–Trinajstić information content (AvgIpc) is 2.57. The van der Waals surface area contributed by atoms with Gasteiger partial charge in [0.1, 0.15) is 5.82 Å². The second-order valence-corrected chi connectivity index (χ2v) is 5.05. The van der Waals surface area contributed by atoms with Crippen LogP contribution in [0.25, 0.3) is 0 Å². The van der Waals surface area contributed by atoms with Gasteiger partial charge in [-0.25, -0.2) is 4.39 Å². The van der Waals surface area contributed by atoms with Crippen molar-refractivity contribution in [1.82, 2.24) is 0 Å². The van der Waals surface area contributed by atoms with Gasteiger partial charge in [0, 0.05) is 13.1 Å². The van der Waals surface area contributed by atoms with Crippen molar-refractivity contribution in [2.75, 3.05) is 36.6 Å². The highest BCUT2D eigenvalue weighted by atomic mass is 19.1. The molecule has 2 aromatic carbocycles. The standard InChI is InChI=1S/C17H18FN3O/c18-16-12-14(13-19-20-15-4-2-1-3-5-15)6-7-17(16)21-8-10-22-11-9-21/h1-7,12-13,20H,8-11H2/b19-13-. The molecule has 0 bridgehead atoms. The van der Waals surface area contributed by atoms with Crippen LogP contribution in [0.1, 0.15) is 5.56 Å². The van der Waals surface area contributed by atoms with E-state index >= 15 is 0 Å². The topological polar surface area (TPSA) is 36.9 Å². The molecule has 1 aliphatic rings. The van der Waals surface area contributed by atoms with Crippen LogP contribution in [-0.2, 0) is 4.74 Å². The number of para-hydroxylation sites is 1. The molecule has 0 saturated carbocycles. The molecule has 1 aliphatic heterocycles. The van der Waals surface area contributed by atoms with E-state index in [0.29, 0.717) is 18.9 Å². The Morgan fingerprint density at radius 2 is 1.86 bits per heavy atom. The lowest BCUT2D eigenvalue weighted by Gasteiger charge is -2.29. The smallest absolute Gasteiger partial charge is 0.147 e. The Morgan fingerprint density at radius 1 is 1.09 bits per heavy atom. The second-order valence-electron chi connectivity index (χ2n) is 5.05. The molecule has 0 unspecified atom stereocenters. The summed E-state index contributed by atoms with van der Waals surface area (Å²) in [7, 11) is 0. The Balaban J connectivity index is 1.66. The van der Waals surface area contributed by atoms with Gasteiger partial charge in [-0.15, -0.1) is 0 Å². The maximum absolute atomic E-state index is 14.2. The SMILES string of the molecule is Fc1cc(/C=N\Nc2ccccc2)ccc1N1CCOCC1. The second kappa shape index (κ2) is 7.04. The van der Waals surface area contributed by atoms with Crippen LogP contribution in [0, 0.1) is 5.82 Å². The summed E-state index contributed by atoms with van der Waals surface area (Å²) in [5.74, 6) is -0.231. The molecule has 114 valence electrons. The number of nitrogens with zero attached hydrogens (tertiary/aromatic N) is 2. The van der Waals surface area contributed by atoms with E-state index in [0.717, 1.165) is 24.3 Å². The molecule has 1 N–H and O–H groups in total. The average molecular weight is 299 g/mol. The number of benzene rings is 2. The van der Waals surface area contributed by atoms with Crippen LogP contribution in [0.15, 0.2) is 53.6 Å². The van der Waals surface area contributed by atoms with Crippen molar-refractivity contribution in [3.05, 3.63) is 59.9 Å². The third-order valence-electron chi connectivity index (χ3n) is 3.50. The molecular weight excluding hydrogens is 281 g/mol. The number of rotatable bonds is 4. The highest BCUT2D eigenvalue weighted by Gasteiger charge is 2.14. The van der Waals surface area contributed by atoms with Gasteiger partial charge in [-0.05, 0) is 29.8 Å². The summed E-state index contributed by atoms with van der Waals surface area (Å²) < 4.78 is 19.5. The van der Waals surface area contributed by atoms with Gasteiger partial charge >= 0.3 is 0 Å². The van der Waals surface area contributed by atoms with Gasteiger partial charge in [0.25, 0.3) is 0 Å². The Kier molecular flexibility index (Phi) is 4.65. The maximum atomic E-state index is 14.2. The number of ether oxygens (including phenoxy) is 1. The summed E-state index contributed by atoms with van der Waals surface area (Å²) >= 11 is 0. The van der Waals surface area contributed by atoms with Gasteiger partial charge < -0.3 is 9.64 Å². The molecule has 3 rings (SSSR count). The summed E-state index contributed by atoms with van der Waals surface area (Å²) in [4.78, 5) is 2.00. The third kappa shape index (κ3) is 3.62. The first-order valence-corrected chi connectivity index (χ1v) is 7.29. The summed E-state index contributed by atoms with van der Waals surface area (Å²) in [5.41, 5.74) is 5.15. The van der Waals surface area contributed by atoms with Crippen LogP contribution in [0.2, 0.25) is 0 Å². The molecule has 1 heterocycles. The van der Waals surface area contributed by atoms with Crippen molar-refractivity contribution in [2.45, 2.75) is 0 Å².